The van der Waals surface area contributed by atoms with E-state index in [4.69, 9.17) is 23.0 Å². The lowest BCUT2D eigenvalue weighted by Gasteiger charge is -2.28. The van der Waals surface area contributed by atoms with E-state index >= 15 is 0 Å². The number of carboxylic acids is 3. The maximum absolute atomic E-state index is 11.7. The molecule has 43 heavy (non-hydrogen) atoms. The van der Waals surface area contributed by atoms with Gasteiger partial charge in [-0.3, -0.25) is 0 Å². The zero-order valence-corrected chi connectivity index (χ0v) is 23.0. The Kier molecular flexibility index (Phi) is 8.66. The van der Waals surface area contributed by atoms with E-state index in [2.05, 4.69) is 4.98 Å². The molecular weight excluding hydrogens is 566 g/mol. The van der Waals surface area contributed by atoms with Crippen molar-refractivity contribution in [1.29, 1.82) is 0 Å². The molecule has 1 aliphatic rings. The first-order chi connectivity index (χ1) is 20.7. The summed E-state index contributed by atoms with van der Waals surface area (Å²) in [6.07, 6.45) is 1.01. The molecule has 0 amide bonds. The first-order valence-corrected chi connectivity index (χ1v) is 13.3. The molecule has 0 bridgehead atoms. The first kappa shape index (κ1) is 29.3. The Morgan fingerprint density at radius 3 is 2.09 bits per heavy atom. The average molecular weight is 593 g/mol. The number of carbonyl (C=O) groups is 3. The van der Waals surface area contributed by atoms with E-state index in [1.54, 1.807) is 35.2 Å². The fourth-order valence-corrected chi connectivity index (χ4v) is 4.64. The van der Waals surface area contributed by atoms with Crippen LogP contribution in [0.4, 0.5) is 11.4 Å². The van der Waals surface area contributed by atoms with Crippen LogP contribution in [0.1, 0.15) is 16.1 Å². The van der Waals surface area contributed by atoms with E-state index in [-0.39, 0.29) is 57.7 Å². The predicted octanol–water partition coefficient (Wildman–Crippen LogP) is -0.640. The highest BCUT2D eigenvalue weighted by atomic mass is 16.5. The van der Waals surface area contributed by atoms with Gasteiger partial charge in [-0.15, -0.1) is 0 Å². The van der Waals surface area contributed by atoms with Gasteiger partial charge < -0.3 is 62.5 Å². The first-order valence-electron chi connectivity index (χ1n) is 13.3. The van der Waals surface area contributed by atoms with Crippen LogP contribution in [0.15, 0.2) is 51.4 Å². The van der Waals surface area contributed by atoms with Crippen molar-refractivity contribution in [1.82, 2.24) is 4.98 Å². The van der Waals surface area contributed by atoms with Crippen molar-refractivity contribution in [3.8, 4) is 23.1 Å². The predicted molar refractivity (Wildman–Crippen MR) is 143 cm³/mol. The molecule has 3 heterocycles. The summed E-state index contributed by atoms with van der Waals surface area (Å²) in [6, 6.07) is 10.2. The number of hydrogen-bond donors (Lipinski definition) is 0. The van der Waals surface area contributed by atoms with Crippen molar-refractivity contribution in [3.05, 3.63) is 53.9 Å². The van der Waals surface area contributed by atoms with Gasteiger partial charge in [-0.2, -0.15) is 0 Å². The summed E-state index contributed by atoms with van der Waals surface area (Å²) in [5.74, 6) is -3.78. The number of furan rings is 1. The van der Waals surface area contributed by atoms with Crippen LogP contribution in [0.2, 0.25) is 0 Å². The van der Waals surface area contributed by atoms with Crippen LogP contribution >= 0.6 is 0 Å². The lowest BCUT2D eigenvalue weighted by atomic mass is 10.2. The largest absolute Gasteiger partial charge is 0.548 e. The Labute approximate surface area is 244 Å². The number of fused-ring (bicyclic) bond motifs is 3. The number of aromatic nitrogens is 1. The molecule has 0 fully saturated rings. The van der Waals surface area contributed by atoms with Crippen molar-refractivity contribution in [2.45, 2.75) is 6.92 Å². The Hall–Kier alpha value is -5.24. The summed E-state index contributed by atoms with van der Waals surface area (Å²) in [6.45, 7) is 1.66. The molecule has 0 atom stereocenters. The molecule has 0 aliphatic carbocycles. The van der Waals surface area contributed by atoms with Gasteiger partial charge in [-0.25, -0.2) is 4.98 Å². The third-order valence-corrected chi connectivity index (χ3v) is 6.56. The van der Waals surface area contributed by atoms with Crippen molar-refractivity contribution >= 4 is 40.3 Å². The van der Waals surface area contributed by atoms with E-state index in [0.29, 0.717) is 33.8 Å². The van der Waals surface area contributed by atoms with Crippen LogP contribution in [0, 0.1) is 6.92 Å². The Morgan fingerprint density at radius 2 is 1.47 bits per heavy atom. The van der Waals surface area contributed by atoms with Gasteiger partial charge in [0.15, 0.2) is 11.5 Å². The van der Waals surface area contributed by atoms with E-state index in [0.717, 1.165) is 11.8 Å². The fraction of sp³-hybridized carbons (Fsp3) is 0.310. The minimum atomic E-state index is -1.53. The summed E-state index contributed by atoms with van der Waals surface area (Å²) < 4.78 is 28.9. The molecule has 0 saturated carbocycles. The molecule has 226 valence electrons. The Bertz CT molecular complexity index is 1640. The monoisotopic (exact) mass is 592 g/mol. The number of anilines is 2. The van der Waals surface area contributed by atoms with Crippen molar-refractivity contribution in [2.24, 2.45) is 0 Å². The number of hydrogen-bond acceptors (Lipinski definition) is 14. The van der Waals surface area contributed by atoms with Crippen LogP contribution in [-0.4, -0.2) is 75.5 Å². The quantitative estimate of drug-likeness (QED) is 0.274. The van der Waals surface area contributed by atoms with Gasteiger partial charge in [0.05, 0.1) is 55.8 Å². The van der Waals surface area contributed by atoms with Crippen molar-refractivity contribution in [2.75, 3.05) is 62.4 Å². The molecule has 2 aromatic heterocycles. The molecule has 14 heteroatoms. The number of aromatic carboxylic acids is 1. The van der Waals surface area contributed by atoms with Crippen molar-refractivity contribution < 1.29 is 52.7 Å². The third kappa shape index (κ3) is 6.98. The fourth-order valence-electron chi connectivity index (χ4n) is 4.64. The van der Waals surface area contributed by atoms with Gasteiger partial charge in [0, 0.05) is 24.5 Å². The highest BCUT2D eigenvalue weighted by molar-refractivity contribution is 5.89. The molecule has 0 unspecified atom stereocenters. The van der Waals surface area contributed by atoms with E-state index in [9.17, 15) is 29.7 Å². The third-order valence-electron chi connectivity index (χ3n) is 6.56. The summed E-state index contributed by atoms with van der Waals surface area (Å²) >= 11 is 0. The number of rotatable bonds is 6. The van der Waals surface area contributed by atoms with Gasteiger partial charge >= 0.3 is 0 Å². The molecule has 5 rings (SSSR count). The van der Waals surface area contributed by atoms with E-state index in [1.165, 1.54) is 4.90 Å². The molecule has 2 aromatic carbocycles. The van der Waals surface area contributed by atoms with Crippen molar-refractivity contribution in [3.63, 3.8) is 0 Å². The van der Waals surface area contributed by atoms with Gasteiger partial charge in [-0.1, -0.05) is 6.07 Å². The number of ether oxygens (including phenoxy) is 3. The number of carboxylic acid groups (broad SMARTS) is 3. The molecule has 0 radical (unpaired) electrons. The van der Waals surface area contributed by atoms with Gasteiger partial charge in [0.2, 0.25) is 0 Å². The average Bonchev–Trinajstić information content (AvgIpc) is 3.60. The molecular formula is C29H26N3O11-3. The van der Waals surface area contributed by atoms with Crippen LogP contribution in [-0.2, 0) is 14.3 Å². The van der Waals surface area contributed by atoms with Crippen LogP contribution in [0.3, 0.4) is 0 Å². The maximum Gasteiger partial charge on any atom is 0.263 e. The van der Waals surface area contributed by atoms with Gasteiger partial charge in [0.1, 0.15) is 36.3 Å². The highest BCUT2D eigenvalue weighted by Gasteiger charge is 2.20. The summed E-state index contributed by atoms with van der Waals surface area (Å²) in [5.41, 5.74) is 2.15. The Balaban J connectivity index is 1.48. The standard InChI is InChI=1S/C29H29N3O11/c1-17-2-3-19-22(10-17)40-8-9-41-23-11-18-12-24(28-30-14-25(43-28)29(37)38)42-21(18)13-20(23)32(16-27(35)36)5-7-39-6-4-31(19)15-26(33)34/h2-3,10-14H,4-9,15-16H2,1H3,(H,33,34)(H,35,36)(H,37,38)/p-3. The lowest BCUT2D eigenvalue weighted by molar-refractivity contribution is -0.304. The van der Waals surface area contributed by atoms with Crippen LogP contribution in [0.5, 0.6) is 11.5 Å². The second kappa shape index (κ2) is 12.7. The highest BCUT2D eigenvalue weighted by Crippen LogP contribution is 2.37. The summed E-state index contributed by atoms with van der Waals surface area (Å²) in [7, 11) is 0. The van der Waals surface area contributed by atoms with Crippen LogP contribution < -0.4 is 34.6 Å². The maximum atomic E-state index is 11.7. The molecule has 14 nitrogen and oxygen atoms in total. The smallest absolute Gasteiger partial charge is 0.263 e. The zero-order chi connectivity index (χ0) is 30.5. The summed E-state index contributed by atoms with van der Waals surface area (Å²) in [5, 5.41) is 34.8. The minimum absolute atomic E-state index is 0.0431. The number of aliphatic carboxylic acids is 2. The second-order valence-corrected chi connectivity index (χ2v) is 9.65. The number of oxazole rings is 1. The lowest BCUT2D eigenvalue weighted by Crippen LogP contribution is -2.41. The molecule has 0 spiro atoms. The molecule has 4 aromatic rings. The Morgan fingerprint density at radius 1 is 0.814 bits per heavy atom. The zero-order valence-electron chi connectivity index (χ0n) is 23.0. The molecule has 0 saturated heterocycles. The minimum Gasteiger partial charge on any atom is -0.548 e. The topological polar surface area (TPSA) is 194 Å². The molecule has 1 aliphatic heterocycles. The molecule has 0 N–H and O–H groups in total. The number of benzene rings is 2. The van der Waals surface area contributed by atoms with E-state index in [1.807, 2.05) is 13.0 Å². The summed E-state index contributed by atoms with van der Waals surface area (Å²) in [4.78, 5) is 41.2. The van der Waals surface area contributed by atoms with Crippen LogP contribution in [0.25, 0.3) is 22.6 Å². The SMILES string of the molecule is Cc1ccc2c(c1)OCCOc1cc3cc(-c4ncc(C(=O)[O-])o4)oc3cc1N(CC(=O)[O-])CCOCCN2CC(=O)[O-]. The second-order valence-electron chi connectivity index (χ2n) is 9.65. The number of nitrogens with zero attached hydrogens (tertiary/aromatic N) is 3. The van der Waals surface area contributed by atoms with E-state index < -0.39 is 30.2 Å². The van der Waals surface area contributed by atoms with Gasteiger partial charge in [-0.05, 0) is 36.8 Å². The van der Waals surface area contributed by atoms with Gasteiger partial charge in [0.25, 0.3) is 5.89 Å². The number of aryl methyl sites for hydroxylation is 1. The number of carbonyl (C=O) groups excluding carboxylic acids is 3. The normalized spacial score (nSPS) is 14.5.